The molecule has 5 nitrogen and oxygen atoms in total. The minimum absolute atomic E-state index is 0.0928. The lowest BCUT2D eigenvalue weighted by atomic mass is 9.92. The molecule has 2 aromatic rings. The Hall–Kier alpha value is -2.22. The van der Waals surface area contributed by atoms with Crippen molar-refractivity contribution in [2.75, 3.05) is 0 Å². The monoisotopic (exact) mass is 270 g/mol. The molecule has 0 bridgehead atoms. The van der Waals surface area contributed by atoms with Crippen molar-refractivity contribution in [2.24, 2.45) is 0 Å². The lowest BCUT2D eigenvalue weighted by Gasteiger charge is -2.30. The first-order chi connectivity index (χ1) is 9.55. The smallest absolute Gasteiger partial charge is 0.263 e. The van der Waals surface area contributed by atoms with Gasteiger partial charge in [0.2, 0.25) is 0 Å². The van der Waals surface area contributed by atoms with E-state index in [-0.39, 0.29) is 16.8 Å². The molecule has 0 radical (unpaired) electrons. The zero-order valence-electron chi connectivity index (χ0n) is 12.1. The average Bonchev–Trinajstić information content (AvgIpc) is 2.47. The fourth-order valence-corrected chi connectivity index (χ4v) is 2.46. The fraction of sp³-hybridized carbons (Fsp3) is 0.467. The van der Waals surface area contributed by atoms with Gasteiger partial charge >= 0.3 is 0 Å². The van der Waals surface area contributed by atoms with Crippen LogP contribution < -0.4 is 5.56 Å². The Morgan fingerprint density at radius 3 is 2.75 bits per heavy atom. The molecule has 1 unspecified atom stereocenters. The summed E-state index contributed by atoms with van der Waals surface area (Å²) < 4.78 is 1.70. The zero-order valence-corrected chi connectivity index (χ0v) is 12.1. The van der Waals surface area contributed by atoms with Gasteiger partial charge in [-0.2, -0.15) is 5.26 Å². The topological polar surface area (TPSA) is 71.6 Å². The van der Waals surface area contributed by atoms with Crippen molar-refractivity contribution in [3.8, 4) is 6.07 Å². The standard InChI is InChI=1S/C15H18N4O/c1-4-8-15(3,5-2)19-10-17-13-12(14(19)20)7-6-11(9-16)18-13/h6-7,10H,4-5,8H2,1-3H3. The predicted molar refractivity (Wildman–Crippen MR) is 77.4 cm³/mol. The molecule has 2 rings (SSSR count). The van der Waals surface area contributed by atoms with Crippen LogP contribution in [0.15, 0.2) is 23.3 Å². The van der Waals surface area contributed by atoms with Gasteiger partial charge in [0.25, 0.3) is 5.56 Å². The summed E-state index contributed by atoms with van der Waals surface area (Å²) >= 11 is 0. The number of rotatable bonds is 4. The maximum absolute atomic E-state index is 12.6. The lowest BCUT2D eigenvalue weighted by molar-refractivity contribution is 0.269. The van der Waals surface area contributed by atoms with Crippen LogP contribution >= 0.6 is 0 Å². The minimum atomic E-state index is -0.235. The minimum Gasteiger partial charge on any atom is -0.293 e. The molecule has 0 aromatic carbocycles. The highest BCUT2D eigenvalue weighted by atomic mass is 16.1. The number of nitriles is 1. The molecule has 0 amide bonds. The molecule has 20 heavy (non-hydrogen) atoms. The number of aromatic nitrogens is 3. The molecular weight excluding hydrogens is 252 g/mol. The van der Waals surface area contributed by atoms with Crippen molar-refractivity contribution >= 4 is 11.0 Å². The lowest BCUT2D eigenvalue weighted by Crippen LogP contribution is -2.38. The Morgan fingerprint density at radius 2 is 2.15 bits per heavy atom. The largest absolute Gasteiger partial charge is 0.293 e. The second-order valence-electron chi connectivity index (χ2n) is 5.20. The first kappa shape index (κ1) is 14.2. The number of nitrogens with zero attached hydrogens (tertiary/aromatic N) is 4. The maximum atomic E-state index is 12.6. The van der Waals surface area contributed by atoms with Crippen molar-refractivity contribution in [1.82, 2.24) is 14.5 Å². The van der Waals surface area contributed by atoms with Gasteiger partial charge < -0.3 is 0 Å². The second-order valence-corrected chi connectivity index (χ2v) is 5.20. The van der Waals surface area contributed by atoms with E-state index < -0.39 is 0 Å². The molecule has 1 atom stereocenters. The van der Waals surface area contributed by atoms with Gasteiger partial charge in [0.05, 0.1) is 5.39 Å². The third kappa shape index (κ3) is 2.29. The van der Waals surface area contributed by atoms with E-state index in [9.17, 15) is 4.79 Å². The summed E-state index contributed by atoms with van der Waals surface area (Å²) in [5.74, 6) is 0. The molecule has 0 spiro atoms. The highest BCUT2D eigenvalue weighted by Gasteiger charge is 2.25. The molecule has 0 aliphatic carbocycles. The summed E-state index contributed by atoms with van der Waals surface area (Å²) in [5, 5.41) is 9.30. The average molecular weight is 270 g/mol. The summed E-state index contributed by atoms with van der Waals surface area (Å²) in [6.07, 6.45) is 4.33. The van der Waals surface area contributed by atoms with Crippen LogP contribution in [0.5, 0.6) is 0 Å². The molecule has 0 saturated carbocycles. The molecule has 2 heterocycles. The van der Waals surface area contributed by atoms with Crippen molar-refractivity contribution < 1.29 is 0 Å². The van der Waals surface area contributed by atoms with Crippen molar-refractivity contribution in [2.45, 2.75) is 45.6 Å². The van der Waals surface area contributed by atoms with Gasteiger partial charge in [-0.1, -0.05) is 20.3 Å². The van der Waals surface area contributed by atoms with E-state index in [2.05, 4.69) is 30.7 Å². The van der Waals surface area contributed by atoms with Crippen molar-refractivity contribution in [1.29, 1.82) is 5.26 Å². The van der Waals surface area contributed by atoms with Crippen LogP contribution in [0.1, 0.15) is 45.7 Å². The summed E-state index contributed by atoms with van der Waals surface area (Å²) in [6, 6.07) is 5.14. The number of fused-ring (bicyclic) bond motifs is 1. The second kappa shape index (κ2) is 5.41. The first-order valence-corrected chi connectivity index (χ1v) is 6.84. The predicted octanol–water partition coefficient (Wildman–Crippen LogP) is 2.59. The van der Waals surface area contributed by atoms with E-state index in [4.69, 9.17) is 5.26 Å². The van der Waals surface area contributed by atoms with Gasteiger partial charge in [-0.3, -0.25) is 9.36 Å². The third-order valence-electron chi connectivity index (χ3n) is 3.87. The van der Waals surface area contributed by atoms with Gasteiger partial charge in [-0.15, -0.1) is 0 Å². The van der Waals surface area contributed by atoms with E-state index in [1.165, 1.54) is 0 Å². The van der Waals surface area contributed by atoms with E-state index in [0.717, 1.165) is 19.3 Å². The third-order valence-corrected chi connectivity index (χ3v) is 3.87. The molecule has 104 valence electrons. The maximum Gasteiger partial charge on any atom is 0.263 e. The quantitative estimate of drug-likeness (QED) is 0.856. The molecule has 0 N–H and O–H groups in total. The van der Waals surface area contributed by atoms with Crippen molar-refractivity contribution in [3.05, 3.63) is 34.5 Å². The summed E-state index contributed by atoms with van der Waals surface area (Å²) in [6.45, 7) is 6.25. The fourth-order valence-electron chi connectivity index (χ4n) is 2.46. The summed E-state index contributed by atoms with van der Waals surface area (Å²) in [5.41, 5.74) is 0.278. The van der Waals surface area contributed by atoms with E-state index in [1.807, 2.05) is 6.07 Å². The Bertz CT molecular complexity index is 729. The van der Waals surface area contributed by atoms with Crippen LogP contribution in [-0.4, -0.2) is 14.5 Å². The van der Waals surface area contributed by atoms with Crippen LogP contribution in [0.2, 0.25) is 0 Å². The van der Waals surface area contributed by atoms with Crippen LogP contribution in [0.3, 0.4) is 0 Å². The number of hydrogen-bond acceptors (Lipinski definition) is 4. The zero-order chi connectivity index (χ0) is 14.8. The van der Waals surface area contributed by atoms with Gasteiger partial charge in [-0.25, -0.2) is 9.97 Å². The van der Waals surface area contributed by atoms with Gasteiger partial charge in [0.15, 0.2) is 5.65 Å². The van der Waals surface area contributed by atoms with E-state index >= 15 is 0 Å². The highest BCUT2D eigenvalue weighted by molar-refractivity contribution is 5.73. The molecule has 0 saturated heterocycles. The Morgan fingerprint density at radius 1 is 1.40 bits per heavy atom. The molecule has 0 aliphatic heterocycles. The number of pyridine rings is 1. The molecular formula is C15H18N4O. The molecule has 0 fully saturated rings. The van der Waals surface area contributed by atoms with Crippen LogP contribution in [0.4, 0.5) is 0 Å². The van der Waals surface area contributed by atoms with Crippen molar-refractivity contribution in [3.63, 3.8) is 0 Å². The molecule has 2 aromatic heterocycles. The van der Waals surface area contributed by atoms with Crippen LogP contribution in [-0.2, 0) is 5.54 Å². The summed E-state index contributed by atoms with van der Waals surface area (Å²) in [7, 11) is 0. The summed E-state index contributed by atoms with van der Waals surface area (Å²) in [4.78, 5) is 20.9. The Kier molecular flexibility index (Phi) is 3.84. The van der Waals surface area contributed by atoms with Gasteiger partial charge in [0, 0.05) is 5.54 Å². The number of hydrogen-bond donors (Lipinski definition) is 0. The first-order valence-electron chi connectivity index (χ1n) is 6.84. The normalized spacial score (nSPS) is 13.9. The molecule has 5 heteroatoms. The van der Waals surface area contributed by atoms with Gasteiger partial charge in [-0.05, 0) is 31.9 Å². The SMILES string of the molecule is CCCC(C)(CC)n1cnc2nc(C#N)ccc2c1=O. The molecule has 0 aliphatic rings. The van der Waals surface area contributed by atoms with E-state index in [1.54, 1.807) is 23.0 Å². The van der Waals surface area contributed by atoms with E-state index in [0.29, 0.717) is 11.0 Å². The van der Waals surface area contributed by atoms with Gasteiger partial charge in [0.1, 0.15) is 18.1 Å². The Balaban J connectivity index is 2.66. The van der Waals surface area contributed by atoms with Crippen LogP contribution in [0.25, 0.3) is 11.0 Å². The Labute approximate surface area is 117 Å². The van der Waals surface area contributed by atoms with Crippen LogP contribution in [0, 0.1) is 11.3 Å². The highest BCUT2D eigenvalue weighted by Crippen LogP contribution is 2.24.